The predicted octanol–water partition coefficient (Wildman–Crippen LogP) is 1.39. The Morgan fingerprint density at radius 1 is 1.69 bits per heavy atom. The van der Waals surface area contributed by atoms with Crippen LogP contribution in [0.25, 0.3) is 0 Å². The lowest BCUT2D eigenvalue weighted by molar-refractivity contribution is -0.144. The van der Waals surface area contributed by atoms with E-state index in [0.717, 1.165) is 0 Å². The van der Waals surface area contributed by atoms with Crippen molar-refractivity contribution in [3.63, 3.8) is 0 Å². The minimum absolute atomic E-state index is 0.119. The van der Waals surface area contributed by atoms with Crippen LogP contribution in [0.1, 0.15) is 25.5 Å². The maximum Gasteiger partial charge on any atom is 0.316 e. The Morgan fingerprint density at radius 3 is 2.77 bits per heavy atom. The van der Waals surface area contributed by atoms with Crippen LogP contribution in [0.4, 0.5) is 0 Å². The van der Waals surface area contributed by atoms with Gasteiger partial charge < -0.3 is 9.26 Å². The third kappa shape index (κ3) is 2.08. The van der Waals surface area contributed by atoms with Crippen molar-refractivity contribution in [2.45, 2.75) is 19.8 Å². The van der Waals surface area contributed by atoms with E-state index in [0.29, 0.717) is 5.76 Å². The van der Waals surface area contributed by atoms with Gasteiger partial charge in [-0.15, -0.1) is 0 Å². The van der Waals surface area contributed by atoms with E-state index in [9.17, 15) is 4.79 Å². The smallest absolute Gasteiger partial charge is 0.316 e. The zero-order valence-electron chi connectivity index (χ0n) is 7.90. The molecular formula is C9H12NO3. The van der Waals surface area contributed by atoms with Gasteiger partial charge in [0.05, 0.1) is 7.11 Å². The molecule has 1 aromatic heterocycles. The van der Waals surface area contributed by atoms with Gasteiger partial charge in [0.25, 0.3) is 0 Å². The fourth-order valence-corrected chi connectivity index (χ4v) is 1.19. The number of hydrogen-bond acceptors (Lipinski definition) is 4. The summed E-state index contributed by atoms with van der Waals surface area (Å²) < 4.78 is 9.53. The third-order valence-electron chi connectivity index (χ3n) is 1.84. The van der Waals surface area contributed by atoms with Crippen LogP contribution in [0, 0.1) is 12.1 Å². The topological polar surface area (TPSA) is 52.3 Å². The molecule has 1 atom stereocenters. The first kappa shape index (κ1) is 9.77. The van der Waals surface area contributed by atoms with Crippen molar-refractivity contribution in [2.24, 2.45) is 5.92 Å². The molecule has 4 heteroatoms. The second-order valence-corrected chi connectivity index (χ2v) is 3.10. The van der Waals surface area contributed by atoms with Crippen LogP contribution in [-0.4, -0.2) is 18.2 Å². The molecule has 0 spiro atoms. The lowest BCUT2D eigenvalue weighted by Gasteiger charge is -2.14. The monoisotopic (exact) mass is 182 g/mol. The molecule has 1 radical (unpaired) electrons. The van der Waals surface area contributed by atoms with Gasteiger partial charge in [0, 0.05) is 6.07 Å². The number of ether oxygens (including phenoxy) is 1. The molecule has 0 bridgehead atoms. The van der Waals surface area contributed by atoms with Gasteiger partial charge in [-0.1, -0.05) is 19.0 Å². The molecule has 1 unspecified atom stereocenters. The molecule has 0 aliphatic rings. The fourth-order valence-electron chi connectivity index (χ4n) is 1.19. The second kappa shape index (κ2) is 4.07. The number of hydrogen-bond donors (Lipinski definition) is 0. The maximum absolute atomic E-state index is 11.3. The highest BCUT2D eigenvalue weighted by Crippen LogP contribution is 2.24. The third-order valence-corrected chi connectivity index (χ3v) is 1.84. The van der Waals surface area contributed by atoms with Crippen molar-refractivity contribution in [1.29, 1.82) is 0 Å². The van der Waals surface area contributed by atoms with Gasteiger partial charge >= 0.3 is 5.97 Å². The highest BCUT2D eigenvalue weighted by Gasteiger charge is 2.28. The lowest BCUT2D eigenvalue weighted by Crippen LogP contribution is -2.18. The Labute approximate surface area is 76.9 Å². The highest BCUT2D eigenvalue weighted by atomic mass is 16.5. The highest BCUT2D eigenvalue weighted by molar-refractivity contribution is 5.77. The van der Waals surface area contributed by atoms with E-state index in [4.69, 9.17) is 4.52 Å². The van der Waals surface area contributed by atoms with E-state index >= 15 is 0 Å². The summed E-state index contributed by atoms with van der Waals surface area (Å²) >= 11 is 0. The first-order valence-corrected chi connectivity index (χ1v) is 4.07. The van der Waals surface area contributed by atoms with Crippen LogP contribution in [-0.2, 0) is 9.53 Å². The molecule has 0 aromatic carbocycles. The van der Waals surface area contributed by atoms with Crippen molar-refractivity contribution in [1.82, 2.24) is 5.16 Å². The van der Waals surface area contributed by atoms with Gasteiger partial charge in [-0.25, -0.2) is 0 Å². The minimum atomic E-state index is -0.385. The first-order valence-electron chi connectivity index (χ1n) is 4.07. The van der Waals surface area contributed by atoms with E-state index in [2.05, 4.69) is 16.1 Å². The first-order chi connectivity index (χ1) is 6.16. The zero-order chi connectivity index (χ0) is 9.84. The van der Waals surface area contributed by atoms with Crippen LogP contribution in [0.15, 0.2) is 10.6 Å². The van der Waals surface area contributed by atoms with Crippen molar-refractivity contribution < 1.29 is 14.1 Å². The largest absolute Gasteiger partial charge is 0.468 e. The standard InChI is InChI=1S/C9H12NO3/c1-6(2)8(9(11)12-3)7-4-5-10-13-7/h4,6,8H,1-3H3. The van der Waals surface area contributed by atoms with Gasteiger partial charge in [-0.3, -0.25) is 4.79 Å². The van der Waals surface area contributed by atoms with Gasteiger partial charge in [0.1, 0.15) is 12.1 Å². The molecule has 1 aromatic rings. The Kier molecular flexibility index (Phi) is 3.06. The van der Waals surface area contributed by atoms with Crippen molar-refractivity contribution in [2.75, 3.05) is 7.11 Å². The molecular weight excluding hydrogens is 170 g/mol. The summed E-state index contributed by atoms with van der Waals surface area (Å²) in [4.78, 5) is 11.3. The molecule has 0 N–H and O–H groups in total. The number of aromatic nitrogens is 1. The van der Waals surface area contributed by atoms with E-state index in [1.807, 2.05) is 13.8 Å². The molecule has 4 nitrogen and oxygen atoms in total. The van der Waals surface area contributed by atoms with Gasteiger partial charge in [-0.05, 0) is 5.92 Å². The minimum Gasteiger partial charge on any atom is -0.468 e. The molecule has 13 heavy (non-hydrogen) atoms. The number of esters is 1. The van der Waals surface area contributed by atoms with Crippen molar-refractivity contribution in [3.05, 3.63) is 18.0 Å². The predicted molar refractivity (Wildman–Crippen MR) is 44.9 cm³/mol. The summed E-state index contributed by atoms with van der Waals surface area (Å²) in [5.74, 6) is -0.0699. The average molecular weight is 182 g/mol. The van der Waals surface area contributed by atoms with E-state index in [1.165, 1.54) is 7.11 Å². The van der Waals surface area contributed by atoms with E-state index < -0.39 is 0 Å². The summed E-state index contributed by atoms with van der Waals surface area (Å²) in [6.07, 6.45) is 2.52. The number of carbonyl (C=O) groups is 1. The van der Waals surface area contributed by atoms with Crippen LogP contribution in [0.5, 0.6) is 0 Å². The number of methoxy groups -OCH3 is 1. The molecule has 0 saturated carbocycles. The summed E-state index contributed by atoms with van der Waals surface area (Å²) in [7, 11) is 1.36. The molecule has 0 aliphatic heterocycles. The Morgan fingerprint density at radius 2 is 2.38 bits per heavy atom. The van der Waals surface area contributed by atoms with Crippen molar-refractivity contribution >= 4 is 5.97 Å². The van der Waals surface area contributed by atoms with Crippen LogP contribution in [0.3, 0.4) is 0 Å². The van der Waals surface area contributed by atoms with Gasteiger partial charge in [0.2, 0.25) is 0 Å². The van der Waals surface area contributed by atoms with Crippen LogP contribution in [0.2, 0.25) is 0 Å². The fraction of sp³-hybridized carbons (Fsp3) is 0.556. The second-order valence-electron chi connectivity index (χ2n) is 3.10. The molecule has 0 saturated heterocycles. The maximum atomic E-state index is 11.3. The Hall–Kier alpha value is -1.32. The number of rotatable bonds is 3. The van der Waals surface area contributed by atoms with Crippen LogP contribution >= 0.6 is 0 Å². The number of nitrogens with zero attached hydrogens (tertiary/aromatic N) is 1. The summed E-state index contributed by atoms with van der Waals surface area (Å²) in [5.41, 5.74) is 0. The summed E-state index contributed by atoms with van der Waals surface area (Å²) in [5, 5.41) is 3.43. The molecule has 1 heterocycles. The van der Waals surface area contributed by atoms with Crippen LogP contribution < -0.4 is 0 Å². The van der Waals surface area contributed by atoms with Crippen molar-refractivity contribution in [3.8, 4) is 0 Å². The number of carbonyl (C=O) groups excluding carboxylic acids is 1. The van der Waals surface area contributed by atoms with Gasteiger partial charge in [0.15, 0.2) is 5.76 Å². The zero-order valence-corrected chi connectivity index (χ0v) is 7.90. The van der Waals surface area contributed by atoms with Gasteiger partial charge in [-0.2, -0.15) is 0 Å². The Bertz CT molecular complexity index is 266. The lowest BCUT2D eigenvalue weighted by atomic mass is 9.93. The molecule has 0 aliphatic carbocycles. The molecule has 71 valence electrons. The Balaban J connectivity index is 2.87. The SMILES string of the molecule is COC(=O)C(c1c[c]no1)C(C)C. The summed E-state index contributed by atoms with van der Waals surface area (Å²) in [6.45, 7) is 3.84. The average Bonchev–Trinajstić information content (AvgIpc) is 2.56. The normalized spacial score (nSPS) is 12.9. The molecule has 0 amide bonds. The molecule has 1 rings (SSSR count). The van der Waals surface area contributed by atoms with E-state index in [-0.39, 0.29) is 17.8 Å². The quantitative estimate of drug-likeness (QED) is 0.663. The molecule has 0 fully saturated rings. The summed E-state index contributed by atoms with van der Waals surface area (Å²) in [6, 6.07) is 1.56. The van der Waals surface area contributed by atoms with E-state index in [1.54, 1.807) is 6.07 Å².